The molecular weight excluding hydrogens is 372 g/mol. The van der Waals surface area contributed by atoms with Gasteiger partial charge in [0.15, 0.2) is 0 Å². The second-order valence-electron chi connectivity index (χ2n) is 7.73. The zero-order valence-corrected chi connectivity index (χ0v) is 17.7. The highest BCUT2D eigenvalue weighted by Gasteiger charge is 2.29. The molecule has 2 aliphatic rings. The predicted octanol–water partition coefficient (Wildman–Crippen LogP) is 3.25. The van der Waals surface area contributed by atoms with E-state index in [9.17, 15) is 4.79 Å². The van der Waals surface area contributed by atoms with Gasteiger partial charge in [-0.1, -0.05) is 0 Å². The molecule has 0 bridgehead atoms. The number of fused-ring (bicyclic) bond motifs is 3. The van der Waals surface area contributed by atoms with Crippen LogP contribution in [0.25, 0.3) is 10.2 Å². The van der Waals surface area contributed by atoms with Crippen LogP contribution in [0, 0.1) is 12.8 Å². The fourth-order valence-electron chi connectivity index (χ4n) is 4.34. The predicted molar refractivity (Wildman–Crippen MR) is 113 cm³/mol. The third kappa shape index (κ3) is 4.01. The van der Waals surface area contributed by atoms with Crippen LogP contribution in [0.4, 0.5) is 5.82 Å². The maximum atomic E-state index is 12.5. The lowest BCUT2D eigenvalue weighted by Crippen LogP contribution is -2.41. The van der Waals surface area contributed by atoms with Gasteiger partial charge < -0.3 is 15.0 Å². The van der Waals surface area contributed by atoms with Crippen molar-refractivity contribution in [3.8, 4) is 0 Å². The smallest absolute Gasteiger partial charge is 0.223 e. The van der Waals surface area contributed by atoms with Crippen LogP contribution < -0.4 is 10.2 Å². The topological polar surface area (TPSA) is 67.3 Å². The van der Waals surface area contributed by atoms with E-state index in [1.807, 2.05) is 25.2 Å². The fraction of sp³-hybridized carbons (Fsp3) is 0.667. The minimum atomic E-state index is 0.106. The average Bonchev–Trinajstić information content (AvgIpc) is 3.28. The van der Waals surface area contributed by atoms with Crippen molar-refractivity contribution in [2.75, 3.05) is 37.7 Å². The lowest BCUT2D eigenvalue weighted by molar-refractivity contribution is -0.125. The number of aromatic nitrogens is 2. The number of amides is 1. The molecule has 1 fully saturated rings. The molecule has 2 aromatic rings. The molecule has 0 aromatic carbocycles. The Bertz CT molecular complexity index is 843. The van der Waals surface area contributed by atoms with Gasteiger partial charge >= 0.3 is 0 Å². The summed E-state index contributed by atoms with van der Waals surface area (Å²) in [6.07, 6.45) is 6.22. The van der Waals surface area contributed by atoms with Crippen molar-refractivity contribution < 1.29 is 9.53 Å². The summed E-state index contributed by atoms with van der Waals surface area (Å²) >= 11 is 1.85. The van der Waals surface area contributed by atoms with Crippen LogP contribution in [0.1, 0.15) is 48.9 Å². The van der Waals surface area contributed by atoms with Crippen molar-refractivity contribution >= 4 is 33.3 Å². The van der Waals surface area contributed by atoms with Crippen molar-refractivity contribution in [3.05, 3.63) is 16.3 Å². The Morgan fingerprint density at radius 3 is 2.89 bits per heavy atom. The summed E-state index contributed by atoms with van der Waals surface area (Å²) in [4.78, 5) is 27.0. The van der Waals surface area contributed by atoms with E-state index in [1.54, 1.807) is 0 Å². The summed E-state index contributed by atoms with van der Waals surface area (Å²) in [7, 11) is 0. The van der Waals surface area contributed by atoms with Gasteiger partial charge in [-0.15, -0.1) is 11.3 Å². The Balaban J connectivity index is 1.40. The summed E-state index contributed by atoms with van der Waals surface area (Å²) in [5, 5.41) is 4.35. The van der Waals surface area contributed by atoms with E-state index >= 15 is 0 Å². The first kappa shape index (κ1) is 19.6. The molecule has 1 saturated heterocycles. The Kier molecular flexibility index (Phi) is 6.11. The van der Waals surface area contributed by atoms with E-state index in [2.05, 4.69) is 10.2 Å². The van der Waals surface area contributed by atoms with Gasteiger partial charge in [0.2, 0.25) is 5.91 Å². The minimum Gasteiger partial charge on any atom is -0.382 e. The van der Waals surface area contributed by atoms with E-state index in [0.717, 1.165) is 61.9 Å². The highest BCUT2D eigenvalue weighted by molar-refractivity contribution is 7.19. The quantitative estimate of drug-likeness (QED) is 0.720. The molecule has 0 unspecified atom stereocenters. The molecule has 0 radical (unpaired) electrons. The molecular formula is C21H30N4O2S. The number of ether oxygens (including phenoxy) is 1. The number of aryl methyl sites for hydroxylation is 3. The van der Waals surface area contributed by atoms with Gasteiger partial charge in [0.05, 0.1) is 5.39 Å². The second-order valence-corrected chi connectivity index (χ2v) is 8.82. The first-order valence-electron chi connectivity index (χ1n) is 10.6. The average molecular weight is 403 g/mol. The minimum absolute atomic E-state index is 0.106. The van der Waals surface area contributed by atoms with Crippen molar-refractivity contribution in [3.63, 3.8) is 0 Å². The SMILES string of the molecule is CCOCCCNC(=O)C1CCN(c2nc(C)nc3sc4c(c23)CCC4)CC1. The molecule has 0 spiro atoms. The van der Waals surface area contributed by atoms with Gasteiger partial charge in [0.25, 0.3) is 0 Å². The molecule has 1 aliphatic heterocycles. The molecule has 3 heterocycles. The Hall–Kier alpha value is -1.73. The standard InChI is InChI=1S/C21H30N4O2S/c1-3-27-13-5-10-22-20(26)15-8-11-25(12-9-15)19-18-16-6-4-7-17(16)28-21(18)24-14(2)23-19/h15H,3-13H2,1-2H3,(H,22,26). The highest BCUT2D eigenvalue weighted by Crippen LogP contribution is 2.41. The largest absolute Gasteiger partial charge is 0.382 e. The first-order chi connectivity index (χ1) is 13.7. The normalized spacial score (nSPS) is 17.3. The number of rotatable bonds is 7. The third-order valence-electron chi connectivity index (χ3n) is 5.79. The fourth-order valence-corrected chi connectivity index (χ4v) is 5.64. The summed E-state index contributed by atoms with van der Waals surface area (Å²) in [5.74, 6) is 2.24. The summed E-state index contributed by atoms with van der Waals surface area (Å²) in [5.41, 5.74) is 1.48. The van der Waals surface area contributed by atoms with E-state index in [1.165, 1.54) is 28.7 Å². The van der Waals surface area contributed by atoms with Gasteiger partial charge in [-0.25, -0.2) is 9.97 Å². The number of carbonyl (C=O) groups is 1. The number of thiophene rings is 1. The van der Waals surface area contributed by atoms with Crippen molar-refractivity contribution in [2.45, 2.75) is 52.4 Å². The van der Waals surface area contributed by atoms with Crippen LogP contribution in [0.2, 0.25) is 0 Å². The van der Waals surface area contributed by atoms with E-state index in [0.29, 0.717) is 13.2 Å². The van der Waals surface area contributed by atoms with Gasteiger partial charge in [0.1, 0.15) is 16.5 Å². The highest BCUT2D eigenvalue weighted by atomic mass is 32.1. The Morgan fingerprint density at radius 1 is 1.29 bits per heavy atom. The number of carbonyl (C=O) groups excluding carboxylic acids is 1. The van der Waals surface area contributed by atoms with Crippen molar-refractivity contribution in [1.29, 1.82) is 0 Å². The molecule has 0 saturated carbocycles. The van der Waals surface area contributed by atoms with Gasteiger partial charge in [-0.05, 0) is 57.9 Å². The van der Waals surface area contributed by atoms with Crippen LogP contribution in [0.5, 0.6) is 0 Å². The van der Waals surface area contributed by atoms with E-state index < -0.39 is 0 Å². The maximum absolute atomic E-state index is 12.5. The molecule has 2 aromatic heterocycles. The zero-order valence-electron chi connectivity index (χ0n) is 16.9. The summed E-state index contributed by atoms with van der Waals surface area (Å²) < 4.78 is 5.32. The summed E-state index contributed by atoms with van der Waals surface area (Å²) in [6.45, 7) is 7.88. The first-order valence-corrected chi connectivity index (χ1v) is 11.4. The second kappa shape index (κ2) is 8.74. The van der Waals surface area contributed by atoms with Crippen LogP contribution in [-0.2, 0) is 22.4 Å². The molecule has 28 heavy (non-hydrogen) atoms. The molecule has 1 amide bonds. The number of nitrogens with one attached hydrogen (secondary N) is 1. The van der Waals surface area contributed by atoms with Crippen LogP contribution in [0.15, 0.2) is 0 Å². The van der Waals surface area contributed by atoms with Crippen molar-refractivity contribution in [1.82, 2.24) is 15.3 Å². The number of piperidine rings is 1. The lowest BCUT2D eigenvalue weighted by atomic mass is 9.95. The molecule has 152 valence electrons. The van der Waals surface area contributed by atoms with Crippen LogP contribution >= 0.6 is 11.3 Å². The zero-order chi connectivity index (χ0) is 19.5. The Labute approximate surface area is 170 Å². The monoisotopic (exact) mass is 402 g/mol. The number of hydrogen-bond donors (Lipinski definition) is 1. The van der Waals surface area contributed by atoms with Gasteiger partial charge in [-0.2, -0.15) is 0 Å². The molecule has 1 aliphatic carbocycles. The number of anilines is 1. The Morgan fingerprint density at radius 2 is 2.11 bits per heavy atom. The number of nitrogens with zero attached hydrogens (tertiary/aromatic N) is 3. The van der Waals surface area contributed by atoms with E-state index in [4.69, 9.17) is 14.7 Å². The molecule has 4 rings (SSSR count). The molecule has 7 heteroatoms. The van der Waals surface area contributed by atoms with E-state index in [-0.39, 0.29) is 11.8 Å². The van der Waals surface area contributed by atoms with Gasteiger partial charge in [0, 0.05) is 43.6 Å². The summed E-state index contributed by atoms with van der Waals surface area (Å²) in [6, 6.07) is 0. The molecule has 1 N–H and O–H groups in total. The van der Waals surface area contributed by atoms with Crippen molar-refractivity contribution in [2.24, 2.45) is 5.92 Å². The van der Waals surface area contributed by atoms with Crippen LogP contribution in [0.3, 0.4) is 0 Å². The molecule has 6 nitrogen and oxygen atoms in total. The number of hydrogen-bond acceptors (Lipinski definition) is 6. The lowest BCUT2D eigenvalue weighted by Gasteiger charge is -2.32. The van der Waals surface area contributed by atoms with Crippen LogP contribution in [-0.4, -0.2) is 48.7 Å². The maximum Gasteiger partial charge on any atom is 0.223 e. The third-order valence-corrected chi connectivity index (χ3v) is 6.98. The molecule has 0 atom stereocenters. The van der Waals surface area contributed by atoms with Gasteiger partial charge in [-0.3, -0.25) is 4.79 Å².